The van der Waals surface area contributed by atoms with Gasteiger partial charge in [-0.25, -0.2) is 0 Å². The van der Waals surface area contributed by atoms with Crippen molar-refractivity contribution in [2.45, 2.75) is 38.7 Å². The predicted molar refractivity (Wildman–Crippen MR) is 74.7 cm³/mol. The second-order valence-electron chi connectivity index (χ2n) is 5.10. The fourth-order valence-electron chi connectivity index (χ4n) is 2.37. The van der Waals surface area contributed by atoms with Crippen molar-refractivity contribution in [2.24, 2.45) is 5.73 Å². The second kappa shape index (κ2) is 6.88. The molecule has 102 valence electrons. The van der Waals surface area contributed by atoms with Crippen LogP contribution in [0.3, 0.4) is 0 Å². The molecule has 1 atom stereocenters. The number of methoxy groups -OCH3 is 1. The molecule has 1 rings (SSSR count). The smallest absolute Gasteiger partial charge is 0.0920 e. The first-order chi connectivity index (χ1) is 8.52. The molecule has 0 saturated heterocycles. The van der Waals surface area contributed by atoms with Gasteiger partial charge in [-0.15, -0.1) is 0 Å². The minimum Gasteiger partial charge on any atom is -0.387 e. The number of aliphatic hydroxyl groups is 1. The normalized spacial score (nSPS) is 14.5. The van der Waals surface area contributed by atoms with Gasteiger partial charge in [-0.1, -0.05) is 18.2 Å². The molecule has 1 unspecified atom stereocenters. The summed E-state index contributed by atoms with van der Waals surface area (Å²) < 4.78 is 5.17. The molecule has 0 aromatic heterocycles. The Kier molecular flexibility index (Phi) is 5.79. The van der Waals surface area contributed by atoms with Gasteiger partial charge in [0.2, 0.25) is 0 Å². The van der Waals surface area contributed by atoms with Gasteiger partial charge in [0.25, 0.3) is 0 Å². The van der Waals surface area contributed by atoms with Crippen LogP contribution < -0.4 is 5.73 Å². The number of aryl methyl sites for hydroxylation is 2. The fourth-order valence-corrected chi connectivity index (χ4v) is 2.37. The molecule has 0 amide bonds. The summed E-state index contributed by atoms with van der Waals surface area (Å²) in [6.07, 6.45) is 2.11. The zero-order valence-electron chi connectivity index (χ0n) is 11.7. The molecule has 3 heteroatoms. The van der Waals surface area contributed by atoms with Crippen molar-refractivity contribution in [3.05, 3.63) is 34.9 Å². The van der Waals surface area contributed by atoms with Gasteiger partial charge in [-0.05, 0) is 49.9 Å². The number of rotatable bonds is 7. The van der Waals surface area contributed by atoms with Crippen LogP contribution in [-0.4, -0.2) is 31.0 Å². The van der Waals surface area contributed by atoms with Gasteiger partial charge >= 0.3 is 0 Å². The van der Waals surface area contributed by atoms with Crippen LogP contribution in [-0.2, 0) is 11.2 Å². The van der Waals surface area contributed by atoms with E-state index >= 15 is 0 Å². The van der Waals surface area contributed by atoms with Crippen molar-refractivity contribution in [2.75, 3.05) is 20.3 Å². The SMILES string of the molecule is COCC(O)(CCCN)Cc1c(C)cccc1C. The van der Waals surface area contributed by atoms with Gasteiger partial charge in [0.05, 0.1) is 12.2 Å². The van der Waals surface area contributed by atoms with Crippen LogP contribution in [0.25, 0.3) is 0 Å². The lowest BCUT2D eigenvalue weighted by Gasteiger charge is -2.29. The van der Waals surface area contributed by atoms with Gasteiger partial charge in [0.15, 0.2) is 0 Å². The summed E-state index contributed by atoms with van der Waals surface area (Å²) in [5, 5.41) is 10.7. The van der Waals surface area contributed by atoms with E-state index < -0.39 is 5.60 Å². The molecule has 3 N–H and O–H groups in total. The van der Waals surface area contributed by atoms with E-state index in [1.807, 2.05) is 6.07 Å². The Morgan fingerprint density at radius 2 is 1.89 bits per heavy atom. The minimum atomic E-state index is -0.814. The van der Waals surface area contributed by atoms with Crippen molar-refractivity contribution in [1.29, 1.82) is 0 Å². The van der Waals surface area contributed by atoms with Crippen LogP contribution in [0.5, 0.6) is 0 Å². The quantitative estimate of drug-likeness (QED) is 0.779. The van der Waals surface area contributed by atoms with E-state index in [9.17, 15) is 5.11 Å². The fraction of sp³-hybridized carbons (Fsp3) is 0.600. The van der Waals surface area contributed by atoms with Crippen LogP contribution in [0.1, 0.15) is 29.5 Å². The molecule has 0 aliphatic carbocycles. The maximum absolute atomic E-state index is 10.7. The number of hydrogen-bond donors (Lipinski definition) is 2. The third kappa shape index (κ3) is 4.09. The van der Waals surface area contributed by atoms with Crippen LogP contribution in [0.4, 0.5) is 0 Å². The van der Waals surface area contributed by atoms with Crippen molar-refractivity contribution >= 4 is 0 Å². The minimum absolute atomic E-state index is 0.348. The average molecular weight is 251 g/mol. The highest BCUT2D eigenvalue weighted by molar-refractivity contribution is 5.34. The maximum Gasteiger partial charge on any atom is 0.0920 e. The third-order valence-corrected chi connectivity index (χ3v) is 3.41. The first kappa shape index (κ1) is 15.2. The van der Waals surface area contributed by atoms with E-state index in [4.69, 9.17) is 10.5 Å². The molecule has 0 fully saturated rings. The molecule has 0 aliphatic rings. The Hall–Kier alpha value is -0.900. The van der Waals surface area contributed by atoms with Crippen molar-refractivity contribution in [1.82, 2.24) is 0 Å². The maximum atomic E-state index is 10.7. The summed E-state index contributed by atoms with van der Waals surface area (Å²) in [6, 6.07) is 6.21. The van der Waals surface area contributed by atoms with E-state index in [0.717, 1.165) is 6.42 Å². The van der Waals surface area contributed by atoms with Gasteiger partial charge < -0.3 is 15.6 Å². The molecular weight excluding hydrogens is 226 g/mol. The molecule has 18 heavy (non-hydrogen) atoms. The molecule has 1 aromatic carbocycles. The third-order valence-electron chi connectivity index (χ3n) is 3.41. The lowest BCUT2D eigenvalue weighted by molar-refractivity contribution is -0.0377. The zero-order valence-corrected chi connectivity index (χ0v) is 11.7. The van der Waals surface area contributed by atoms with E-state index in [0.29, 0.717) is 26.0 Å². The summed E-state index contributed by atoms with van der Waals surface area (Å²) in [5.41, 5.74) is 8.37. The molecular formula is C15H25NO2. The lowest BCUT2D eigenvalue weighted by Crippen LogP contribution is -2.37. The molecule has 0 saturated carbocycles. The molecule has 0 aliphatic heterocycles. The largest absolute Gasteiger partial charge is 0.387 e. The van der Waals surface area contributed by atoms with E-state index in [1.54, 1.807) is 7.11 Å². The number of ether oxygens (including phenoxy) is 1. The zero-order chi connectivity index (χ0) is 13.6. The summed E-state index contributed by atoms with van der Waals surface area (Å²) in [4.78, 5) is 0. The Labute approximate surface area is 110 Å². The highest BCUT2D eigenvalue weighted by Gasteiger charge is 2.27. The number of nitrogens with two attached hydrogens (primary N) is 1. The Balaban J connectivity index is 2.88. The van der Waals surface area contributed by atoms with Gasteiger partial charge in [0, 0.05) is 13.5 Å². The Morgan fingerprint density at radius 3 is 2.39 bits per heavy atom. The highest BCUT2D eigenvalue weighted by atomic mass is 16.5. The highest BCUT2D eigenvalue weighted by Crippen LogP contribution is 2.24. The average Bonchev–Trinajstić information content (AvgIpc) is 2.32. The van der Waals surface area contributed by atoms with Crippen LogP contribution in [0.2, 0.25) is 0 Å². The van der Waals surface area contributed by atoms with Crippen LogP contribution >= 0.6 is 0 Å². The molecule has 1 aromatic rings. The second-order valence-corrected chi connectivity index (χ2v) is 5.10. The molecule has 0 spiro atoms. The first-order valence-corrected chi connectivity index (χ1v) is 6.49. The van der Waals surface area contributed by atoms with Gasteiger partial charge in [0.1, 0.15) is 0 Å². The summed E-state index contributed by atoms with van der Waals surface area (Å²) >= 11 is 0. The summed E-state index contributed by atoms with van der Waals surface area (Å²) in [5.74, 6) is 0. The van der Waals surface area contributed by atoms with E-state index in [2.05, 4.69) is 26.0 Å². The number of hydrogen-bond acceptors (Lipinski definition) is 3. The molecule has 0 heterocycles. The molecule has 0 bridgehead atoms. The van der Waals surface area contributed by atoms with Crippen LogP contribution in [0, 0.1) is 13.8 Å². The monoisotopic (exact) mass is 251 g/mol. The van der Waals surface area contributed by atoms with Crippen molar-refractivity contribution in [3.63, 3.8) is 0 Å². The summed E-state index contributed by atoms with van der Waals surface area (Å²) in [6.45, 7) is 5.11. The van der Waals surface area contributed by atoms with Crippen LogP contribution in [0.15, 0.2) is 18.2 Å². The standard InChI is InChI=1S/C15H25NO2/c1-12-6-4-7-13(2)14(12)10-15(17,11-18-3)8-5-9-16/h4,6-7,17H,5,8-11,16H2,1-3H3. The number of benzene rings is 1. The van der Waals surface area contributed by atoms with Gasteiger partial charge in [-0.2, -0.15) is 0 Å². The van der Waals surface area contributed by atoms with E-state index in [1.165, 1.54) is 16.7 Å². The van der Waals surface area contributed by atoms with E-state index in [-0.39, 0.29) is 0 Å². The Morgan fingerprint density at radius 1 is 1.28 bits per heavy atom. The van der Waals surface area contributed by atoms with Crippen molar-refractivity contribution < 1.29 is 9.84 Å². The Bertz CT molecular complexity index is 359. The van der Waals surface area contributed by atoms with Gasteiger partial charge in [-0.3, -0.25) is 0 Å². The molecule has 3 nitrogen and oxygen atoms in total. The topological polar surface area (TPSA) is 55.5 Å². The first-order valence-electron chi connectivity index (χ1n) is 6.49. The predicted octanol–water partition coefficient (Wildman–Crippen LogP) is 1.96. The lowest BCUT2D eigenvalue weighted by atomic mass is 9.87. The molecule has 0 radical (unpaired) electrons. The summed E-state index contributed by atoms with van der Waals surface area (Å²) in [7, 11) is 1.62. The van der Waals surface area contributed by atoms with Crippen molar-refractivity contribution in [3.8, 4) is 0 Å².